The summed E-state index contributed by atoms with van der Waals surface area (Å²) in [6.07, 6.45) is 19.5. The van der Waals surface area contributed by atoms with Gasteiger partial charge in [-0.2, -0.15) is 0 Å². The van der Waals surface area contributed by atoms with Crippen LogP contribution in [0.25, 0.3) is 0 Å². The largest absolute Gasteiger partial charge is 0.393 e. The highest BCUT2D eigenvalue weighted by atomic mass is 16.3. The van der Waals surface area contributed by atoms with Gasteiger partial charge in [0.2, 0.25) is 0 Å². The summed E-state index contributed by atoms with van der Waals surface area (Å²) in [5.74, 6) is 3.32. The Hall–Kier alpha value is -0.820. The van der Waals surface area contributed by atoms with Crippen LogP contribution in [0.5, 0.6) is 0 Å². The Bertz CT molecular complexity index is 622. The quantitative estimate of drug-likeness (QED) is 0.478. The summed E-state index contributed by atoms with van der Waals surface area (Å²) >= 11 is 0. The number of hydrogen-bond donors (Lipinski definition) is 1. The Balaban J connectivity index is 1.67. The van der Waals surface area contributed by atoms with Crippen LogP contribution in [0.15, 0.2) is 34.9 Å². The summed E-state index contributed by atoms with van der Waals surface area (Å²) in [7, 11) is 0. The monoisotopic (exact) mass is 384 g/mol. The van der Waals surface area contributed by atoms with E-state index >= 15 is 0 Å². The molecule has 28 heavy (non-hydrogen) atoms. The van der Waals surface area contributed by atoms with Gasteiger partial charge in [-0.05, 0) is 92.1 Å². The summed E-state index contributed by atoms with van der Waals surface area (Å²) in [5.41, 5.74) is 4.93. The van der Waals surface area contributed by atoms with Gasteiger partial charge >= 0.3 is 0 Å². The number of hydrogen-bond acceptors (Lipinski definition) is 1. The van der Waals surface area contributed by atoms with E-state index in [0.717, 1.165) is 42.9 Å². The molecule has 0 aromatic heterocycles. The third kappa shape index (κ3) is 4.84. The van der Waals surface area contributed by atoms with Crippen molar-refractivity contribution in [3.8, 4) is 0 Å². The lowest BCUT2D eigenvalue weighted by atomic mass is 9.62. The maximum absolute atomic E-state index is 10.0. The van der Waals surface area contributed by atoms with Crippen LogP contribution in [0.4, 0.5) is 0 Å². The summed E-state index contributed by atoms with van der Waals surface area (Å²) in [6.45, 7) is 12.1. The number of allylic oxidation sites excluding steroid dienone is 5. The van der Waals surface area contributed by atoms with Crippen LogP contribution in [0.3, 0.4) is 0 Å². The Morgan fingerprint density at radius 3 is 2.68 bits per heavy atom. The molecule has 0 aromatic carbocycles. The molecule has 1 nitrogen and oxygen atoms in total. The van der Waals surface area contributed by atoms with Crippen molar-refractivity contribution < 1.29 is 5.11 Å². The summed E-state index contributed by atoms with van der Waals surface area (Å²) in [6, 6.07) is 0. The van der Waals surface area contributed by atoms with Gasteiger partial charge in [0.15, 0.2) is 0 Å². The van der Waals surface area contributed by atoms with E-state index in [9.17, 15) is 5.11 Å². The molecule has 0 heterocycles. The molecular weight excluding hydrogens is 340 g/mol. The minimum absolute atomic E-state index is 0.142. The van der Waals surface area contributed by atoms with Crippen molar-refractivity contribution in [1.29, 1.82) is 0 Å². The van der Waals surface area contributed by atoms with Gasteiger partial charge in [0.25, 0.3) is 0 Å². The fraction of sp³-hybridized carbons (Fsp3) is 0.778. The maximum Gasteiger partial charge on any atom is 0.0583 e. The summed E-state index contributed by atoms with van der Waals surface area (Å²) in [5, 5.41) is 10.0. The van der Waals surface area contributed by atoms with Crippen LogP contribution in [0, 0.1) is 29.1 Å². The predicted molar refractivity (Wildman–Crippen MR) is 121 cm³/mol. The van der Waals surface area contributed by atoms with Gasteiger partial charge in [-0.1, -0.05) is 70.8 Å². The summed E-state index contributed by atoms with van der Waals surface area (Å²) < 4.78 is 0. The smallest absolute Gasteiger partial charge is 0.0583 e. The number of fused-ring (bicyclic) bond motifs is 1. The van der Waals surface area contributed by atoms with Gasteiger partial charge in [-0.15, -0.1) is 0 Å². The molecule has 0 saturated heterocycles. The first-order chi connectivity index (χ1) is 13.3. The topological polar surface area (TPSA) is 20.2 Å². The lowest BCUT2D eigenvalue weighted by molar-refractivity contribution is 0.107. The average molecular weight is 385 g/mol. The molecule has 0 aliphatic heterocycles. The highest BCUT2D eigenvalue weighted by Gasteiger charge is 2.49. The molecular formula is C27H44O. The number of aliphatic hydroxyl groups excluding tert-OH is 1. The van der Waals surface area contributed by atoms with Gasteiger partial charge < -0.3 is 5.11 Å². The Labute approximate surface area is 174 Å². The third-order valence-corrected chi connectivity index (χ3v) is 8.34. The zero-order chi connectivity index (χ0) is 20.3. The summed E-state index contributed by atoms with van der Waals surface area (Å²) in [4.78, 5) is 0. The molecule has 3 aliphatic rings. The molecule has 1 fully saturated rings. The Morgan fingerprint density at radius 1 is 1.14 bits per heavy atom. The van der Waals surface area contributed by atoms with E-state index in [1.807, 2.05) is 0 Å². The molecule has 0 bridgehead atoms. The van der Waals surface area contributed by atoms with Crippen LogP contribution in [0.2, 0.25) is 0 Å². The second-order valence-electron chi connectivity index (χ2n) is 10.8. The van der Waals surface area contributed by atoms with Gasteiger partial charge in [0, 0.05) is 0 Å². The lowest BCUT2D eigenvalue weighted by Gasteiger charge is -2.43. The molecule has 0 spiro atoms. The maximum atomic E-state index is 10.0. The van der Waals surface area contributed by atoms with Gasteiger partial charge in [-0.3, -0.25) is 0 Å². The zero-order valence-corrected chi connectivity index (χ0v) is 19.1. The van der Waals surface area contributed by atoms with Crippen molar-refractivity contribution in [1.82, 2.24) is 0 Å². The van der Waals surface area contributed by atoms with E-state index in [-0.39, 0.29) is 6.10 Å². The highest BCUT2D eigenvalue weighted by molar-refractivity contribution is 5.36. The fourth-order valence-corrected chi connectivity index (χ4v) is 6.51. The molecule has 1 unspecified atom stereocenters. The standard InChI is InChI=1S/C27H44O/c1-19(2)8-6-9-21(4)25-15-16-26-22(10-7-17-27(25,26)5)12-13-23-18-24(28)14-11-20(23)3/h10,12-13,19,21,24-26,28H,6-9,11,14-18H2,1-5H3/b13-12+/t21-,24+,25-,26?,27-/m1/s1. The molecule has 1 N–H and O–H groups in total. The van der Waals surface area contributed by atoms with E-state index < -0.39 is 0 Å². The van der Waals surface area contributed by atoms with E-state index in [0.29, 0.717) is 5.41 Å². The van der Waals surface area contributed by atoms with Crippen LogP contribution in [0.1, 0.15) is 98.8 Å². The zero-order valence-electron chi connectivity index (χ0n) is 19.1. The molecule has 3 rings (SSSR count). The van der Waals surface area contributed by atoms with E-state index in [1.165, 1.54) is 56.1 Å². The van der Waals surface area contributed by atoms with Crippen molar-refractivity contribution in [2.75, 3.05) is 0 Å². The Morgan fingerprint density at radius 2 is 1.93 bits per heavy atom. The highest BCUT2D eigenvalue weighted by Crippen LogP contribution is 2.58. The van der Waals surface area contributed by atoms with Crippen molar-refractivity contribution in [2.24, 2.45) is 29.1 Å². The SMILES string of the molecule is CC1=C(/C=C/C2=CCC[C@@]3(C)C2CC[C@@H]3[C@H](C)CCCC(C)C)C[C@@H](O)CC1. The molecule has 0 aromatic rings. The second-order valence-corrected chi connectivity index (χ2v) is 10.8. The normalized spacial score (nSPS) is 34.8. The first-order valence-corrected chi connectivity index (χ1v) is 12.1. The molecule has 0 radical (unpaired) electrons. The fourth-order valence-electron chi connectivity index (χ4n) is 6.51. The molecule has 1 heteroatoms. The van der Waals surface area contributed by atoms with E-state index in [1.54, 1.807) is 5.57 Å². The van der Waals surface area contributed by atoms with Crippen molar-refractivity contribution in [3.63, 3.8) is 0 Å². The van der Waals surface area contributed by atoms with Crippen LogP contribution < -0.4 is 0 Å². The second kappa shape index (κ2) is 9.33. The first kappa shape index (κ1) is 21.9. The molecule has 1 saturated carbocycles. The lowest BCUT2D eigenvalue weighted by Crippen LogP contribution is -2.35. The van der Waals surface area contributed by atoms with Crippen molar-refractivity contribution >= 4 is 0 Å². The molecule has 5 atom stereocenters. The van der Waals surface area contributed by atoms with Gasteiger partial charge in [0.1, 0.15) is 0 Å². The Kier molecular flexibility index (Phi) is 7.29. The minimum atomic E-state index is -0.142. The van der Waals surface area contributed by atoms with Gasteiger partial charge in [-0.25, -0.2) is 0 Å². The van der Waals surface area contributed by atoms with Crippen LogP contribution >= 0.6 is 0 Å². The molecule has 3 aliphatic carbocycles. The molecule has 0 amide bonds. The molecule has 158 valence electrons. The minimum Gasteiger partial charge on any atom is -0.393 e. The van der Waals surface area contributed by atoms with Crippen molar-refractivity contribution in [2.45, 2.75) is 105 Å². The third-order valence-electron chi connectivity index (χ3n) is 8.34. The number of aliphatic hydroxyl groups is 1. The van der Waals surface area contributed by atoms with Gasteiger partial charge in [0.05, 0.1) is 6.10 Å². The van der Waals surface area contributed by atoms with Crippen LogP contribution in [-0.4, -0.2) is 11.2 Å². The van der Waals surface area contributed by atoms with E-state index in [2.05, 4.69) is 52.8 Å². The van der Waals surface area contributed by atoms with E-state index in [4.69, 9.17) is 0 Å². The number of rotatable bonds is 7. The first-order valence-electron chi connectivity index (χ1n) is 12.1. The predicted octanol–water partition coefficient (Wildman–Crippen LogP) is 7.62. The van der Waals surface area contributed by atoms with Crippen molar-refractivity contribution in [3.05, 3.63) is 34.9 Å². The average Bonchev–Trinajstić information content (AvgIpc) is 2.99. The van der Waals surface area contributed by atoms with Crippen LogP contribution in [-0.2, 0) is 0 Å².